The van der Waals surface area contributed by atoms with Gasteiger partial charge < -0.3 is 5.32 Å². The van der Waals surface area contributed by atoms with Gasteiger partial charge in [0.1, 0.15) is 5.82 Å². The van der Waals surface area contributed by atoms with E-state index in [-0.39, 0.29) is 5.82 Å². The van der Waals surface area contributed by atoms with Crippen LogP contribution < -0.4 is 5.32 Å². The van der Waals surface area contributed by atoms with Crippen LogP contribution in [0.1, 0.15) is 31.7 Å². The van der Waals surface area contributed by atoms with Crippen molar-refractivity contribution in [3.05, 3.63) is 34.6 Å². The zero-order chi connectivity index (χ0) is 12.3. The fraction of sp³-hybridized carbons (Fsp3) is 0.571. The standard InChI is InChI=1S/C14H19ClFN/c1-10-2-3-11(6-10)8-17-9-12-7-13(16)4-5-14(12)15/h4-5,7,10-11,17H,2-3,6,8-9H2,1H3. The highest BCUT2D eigenvalue weighted by molar-refractivity contribution is 6.31. The SMILES string of the molecule is CC1CCC(CNCc2cc(F)ccc2Cl)C1. The molecule has 0 bridgehead atoms. The number of hydrogen-bond donors (Lipinski definition) is 1. The predicted molar refractivity (Wildman–Crippen MR) is 69.6 cm³/mol. The molecule has 3 heteroatoms. The zero-order valence-electron chi connectivity index (χ0n) is 10.2. The van der Waals surface area contributed by atoms with Crippen LogP contribution in [0, 0.1) is 17.7 Å². The summed E-state index contributed by atoms with van der Waals surface area (Å²) >= 11 is 6.01. The Balaban J connectivity index is 1.80. The number of rotatable bonds is 4. The normalized spacial score (nSPS) is 24.2. The van der Waals surface area contributed by atoms with Gasteiger partial charge in [0, 0.05) is 11.6 Å². The molecule has 0 spiro atoms. The maximum absolute atomic E-state index is 13.0. The largest absolute Gasteiger partial charge is 0.312 e. The van der Waals surface area contributed by atoms with Gasteiger partial charge in [-0.3, -0.25) is 0 Å². The molecule has 1 aromatic rings. The molecule has 0 heterocycles. The van der Waals surface area contributed by atoms with Gasteiger partial charge in [0.05, 0.1) is 0 Å². The Morgan fingerprint density at radius 2 is 2.24 bits per heavy atom. The van der Waals surface area contributed by atoms with Crippen molar-refractivity contribution < 1.29 is 4.39 Å². The number of nitrogens with one attached hydrogen (secondary N) is 1. The molecule has 17 heavy (non-hydrogen) atoms. The molecular formula is C14H19ClFN. The minimum Gasteiger partial charge on any atom is -0.312 e. The summed E-state index contributed by atoms with van der Waals surface area (Å²) in [6.07, 6.45) is 3.96. The minimum absolute atomic E-state index is 0.222. The van der Waals surface area contributed by atoms with Crippen LogP contribution in [0.4, 0.5) is 4.39 Å². The molecule has 0 aliphatic heterocycles. The third kappa shape index (κ3) is 3.68. The third-order valence-corrected chi connectivity index (χ3v) is 3.93. The summed E-state index contributed by atoms with van der Waals surface area (Å²) in [5.74, 6) is 1.41. The molecule has 0 aromatic heterocycles. The van der Waals surface area contributed by atoms with Crippen molar-refractivity contribution >= 4 is 11.6 Å². The van der Waals surface area contributed by atoms with Gasteiger partial charge in [0.15, 0.2) is 0 Å². The first-order chi connectivity index (χ1) is 8.15. The highest BCUT2D eigenvalue weighted by Gasteiger charge is 2.20. The fourth-order valence-corrected chi connectivity index (χ4v) is 2.78. The Bertz CT molecular complexity index is 380. The number of hydrogen-bond acceptors (Lipinski definition) is 1. The average molecular weight is 256 g/mol. The Labute approximate surface area is 107 Å². The van der Waals surface area contributed by atoms with Crippen LogP contribution in [0.2, 0.25) is 5.02 Å². The van der Waals surface area contributed by atoms with E-state index < -0.39 is 0 Å². The summed E-state index contributed by atoms with van der Waals surface area (Å²) in [6.45, 7) is 3.97. The molecule has 1 aromatic carbocycles. The molecule has 2 unspecified atom stereocenters. The molecule has 1 saturated carbocycles. The molecule has 0 saturated heterocycles. The second-order valence-electron chi connectivity index (χ2n) is 5.15. The van der Waals surface area contributed by atoms with Crippen LogP contribution in [0.3, 0.4) is 0 Å². The molecule has 1 aliphatic rings. The van der Waals surface area contributed by atoms with Crippen LogP contribution in [0.25, 0.3) is 0 Å². The maximum atomic E-state index is 13.0. The van der Waals surface area contributed by atoms with Crippen molar-refractivity contribution in [2.75, 3.05) is 6.54 Å². The summed E-state index contributed by atoms with van der Waals surface area (Å²) < 4.78 is 13.0. The van der Waals surface area contributed by atoms with Crippen molar-refractivity contribution in [1.29, 1.82) is 0 Å². The minimum atomic E-state index is -0.222. The number of halogens is 2. The van der Waals surface area contributed by atoms with E-state index in [1.807, 2.05) is 0 Å². The average Bonchev–Trinajstić information content (AvgIpc) is 2.69. The van der Waals surface area contributed by atoms with E-state index in [2.05, 4.69) is 12.2 Å². The lowest BCUT2D eigenvalue weighted by atomic mass is 10.1. The van der Waals surface area contributed by atoms with Gasteiger partial charge >= 0.3 is 0 Å². The molecular weight excluding hydrogens is 237 g/mol. The zero-order valence-corrected chi connectivity index (χ0v) is 10.9. The lowest BCUT2D eigenvalue weighted by molar-refractivity contribution is 0.470. The molecule has 1 nitrogen and oxygen atoms in total. The van der Waals surface area contributed by atoms with Crippen molar-refractivity contribution in [2.24, 2.45) is 11.8 Å². The molecule has 2 atom stereocenters. The van der Waals surface area contributed by atoms with Gasteiger partial charge in [-0.05, 0) is 55.0 Å². The second kappa shape index (κ2) is 5.83. The van der Waals surface area contributed by atoms with E-state index in [1.165, 1.54) is 31.4 Å². The first-order valence-electron chi connectivity index (χ1n) is 6.30. The van der Waals surface area contributed by atoms with Crippen LogP contribution in [-0.4, -0.2) is 6.54 Å². The first-order valence-corrected chi connectivity index (χ1v) is 6.67. The van der Waals surface area contributed by atoms with E-state index in [9.17, 15) is 4.39 Å². The van der Waals surface area contributed by atoms with Gasteiger partial charge in [-0.2, -0.15) is 0 Å². The van der Waals surface area contributed by atoms with Crippen molar-refractivity contribution in [3.63, 3.8) is 0 Å². The smallest absolute Gasteiger partial charge is 0.123 e. The summed E-state index contributed by atoms with van der Waals surface area (Å²) in [7, 11) is 0. The Morgan fingerprint density at radius 3 is 2.94 bits per heavy atom. The molecule has 0 radical (unpaired) electrons. The third-order valence-electron chi connectivity index (χ3n) is 3.56. The lowest BCUT2D eigenvalue weighted by Gasteiger charge is -2.11. The fourth-order valence-electron chi connectivity index (χ4n) is 2.60. The van der Waals surface area contributed by atoms with Crippen molar-refractivity contribution in [3.8, 4) is 0 Å². The Hall–Kier alpha value is -0.600. The van der Waals surface area contributed by atoms with Crippen LogP contribution in [0.5, 0.6) is 0 Å². The summed E-state index contributed by atoms with van der Waals surface area (Å²) in [5.41, 5.74) is 0.845. The van der Waals surface area contributed by atoms with E-state index in [1.54, 1.807) is 6.07 Å². The van der Waals surface area contributed by atoms with Crippen molar-refractivity contribution in [1.82, 2.24) is 5.32 Å². The van der Waals surface area contributed by atoms with E-state index >= 15 is 0 Å². The van der Waals surface area contributed by atoms with Gasteiger partial charge in [0.2, 0.25) is 0 Å². The summed E-state index contributed by atoms with van der Waals surface area (Å²) in [4.78, 5) is 0. The molecule has 2 rings (SSSR count). The topological polar surface area (TPSA) is 12.0 Å². The molecule has 0 amide bonds. The highest BCUT2D eigenvalue weighted by atomic mass is 35.5. The van der Waals surface area contributed by atoms with Crippen LogP contribution in [-0.2, 0) is 6.54 Å². The Morgan fingerprint density at radius 1 is 1.41 bits per heavy atom. The van der Waals surface area contributed by atoms with Crippen LogP contribution in [0.15, 0.2) is 18.2 Å². The monoisotopic (exact) mass is 255 g/mol. The quantitative estimate of drug-likeness (QED) is 0.857. The number of benzene rings is 1. The molecule has 1 N–H and O–H groups in total. The summed E-state index contributed by atoms with van der Waals surface area (Å²) in [5, 5.41) is 4.02. The second-order valence-corrected chi connectivity index (χ2v) is 5.56. The Kier molecular flexibility index (Phi) is 4.41. The lowest BCUT2D eigenvalue weighted by Crippen LogP contribution is -2.21. The molecule has 1 aliphatic carbocycles. The summed E-state index contributed by atoms with van der Waals surface area (Å²) in [6, 6.07) is 4.52. The highest BCUT2D eigenvalue weighted by Crippen LogP contribution is 2.29. The van der Waals surface area contributed by atoms with Gasteiger partial charge in [-0.25, -0.2) is 4.39 Å². The van der Waals surface area contributed by atoms with E-state index in [4.69, 9.17) is 11.6 Å². The molecule has 1 fully saturated rings. The first kappa shape index (κ1) is 12.8. The van der Waals surface area contributed by atoms with Gasteiger partial charge in [-0.15, -0.1) is 0 Å². The molecule has 94 valence electrons. The van der Waals surface area contributed by atoms with E-state index in [0.29, 0.717) is 11.6 Å². The van der Waals surface area contributed by atoms with Gasteiger partial charge in [-0.1, -0.05) is 24.9 Å². The predicted octanol–water partition coefficient (Wildman–Crippen LogP) is 4.00. The van der Waals surface area contributed by atoms with E-state index in [0.717, 1.165) is 23.9 Å². The van der Waals surface area contributed by atoms with Crippen LogP contribution >= 0.6 is 11.6 Å². The maximum Gasteiger partial charge on any atom is 0.123 e. The van der Waals surface area contributed by atoms with Gasteiger partial charge in [0.25, 0.3) is 0 Å². The van der Waals surface area contributed by atoms with Crippen molar-refractivity contribution in [2.45, 2.75) is 32.7 Å².